The molecule has 3 aromatic carbocycles. The van der Waals surface area contributed by atoms with Crippen LogP contribution in [0.15, 0.2) is 66.7 Å². The van der Waals surface area contributed by atoms with E-state index in [1.54, 1.807) is 0 Å². The Labute approximate surface area is 199 Å². The van der Waals surface area contributed by atoms with Gasteiger partial charge >= 0.3 is 0 Å². The van der Waals surface area contributed by atoms with Crippen LogP contribution in [0.3, 0.4) is 0 Å². The average molecular weight is 477 g/mol. The zero-order valence-corrected chi connectivity index (χ0v) is 18.7. The van der Waals surface area contributed by atoms with Crippen LogP contribution in [0.2, 0.25) is 0 Å². The molecule has 3 aromatic rings. The van der Waals surface area contributed by atoms with Crippen molar-refractivity contribution >= 4 is 23.6 Å². The minimum atomic E-state index is -1.31. The molecule has 178 valence electrons. The molecule has 4 amide bonds. The van der Waals surface area contributed by atoms with Crippen molar-refractivity contribution in [3.63, 3.8) is 0 Å². The first-order chi connectivity index (χ1) is 16.8. The minimum Gasteiger partial charge on any atom is -0.357 e. The number of carbonyl (C=O) groups is 4. The van der Waals surface area contributed by atoms with Crippen molar-refractivity contribution in [2.45, 2.75) is 12.5 Å². The summed E-state index contributed by atoms with van der Waals surface area (Å²) in [4.78, 5) is 52.0. The minimum absolute atomic E-state index is 0.0336. The van der Waals surface area contributed by atoms with Crippen LogP contribution < -0.4 is 10.6 Å². The number of imide groups is 1. The summed E-state index contributed by atoms with van der Waals surface area (Å²) in [6.45, 7) is 0.187. The number of hydrogen-bond acceptors (Lipinski definition) is 4. The molecule has 0 radical (unpaired) electrons. The van der Waals surface area contributed by atoms with E-state index in [9.17, 15) is 28.0 Å². The number of amides is 4. The van der Waals surface area contributed by atoms with Crippen molar-refractivity contribution in [3.05, 3.63) is 106 Å². The van der Waals surface area contributed by atoms with E-state index in [0.717, 1.165) is 22.6 Å². The largest absolute Gasteiger partial charge is 0.357 e. The number of likely N-dealkylation sites (N-methyl/N-ethyl adjacent to an activating group) is 1. The van der Waals surface area contributed by atoms with Gasteiger partial charge in [0.2, 0.25) is 5.91 Å². The summed E-state index contributed by atoms with van der Waals surface area (Å²) in [5.74, 6) is -4.59. The molecule has 9 heteroatoms. The Balaban J connectivity index is 1.53. The third-order valence-corrected chi connectivity index (χ3v) is 5.76. The topological polar surface area (TPSA) is 95.6 Å². The summed E-state index contributed by atoms with van der Waals surface area (Å²) in [5.41, 5.74) is 1.31. The molecule has 0 saturated carbocycles. The molecule has 0 fully saturated rings. The van der Waals surface area contributed by atoms with E-state index in [-0.39, 0.29) is 28.8 Å². The van der Waals surface area contributed by atoms with Crippen LogP contribution in [-0.4, -0.2) is 42.1 Å². The van der Waals surface area contributed by atoms with Gasteiger partial charge in [-0.3, -0.25) is 24.1 Å². The zero-order chi connectivity index (χ0) is 25.1. The second-order valence-corrected chi connectivity index (χ2v) is 7.95. The number of rotatable bonds is 7. The van der Waals surface area contributed by atoms with E-state index in [1.165, 1.54) is 31.3 Å². The van der Waals surface area contributed by atoms with Crippen molar-refractivity contribution in [2.75, 3.05) is 13.6 Å². The molecule has 2 N–H and O–H groups in total. The Morgan fingerprint density at radius 2 is 1.60 bits per heavy atom. The fraction of sp³-hybridized carbons (Fsp3) is 0.154. The van der Waals surface area contributed by atoms with Crippen molar-refractivity contribution in [2.24, 2.45) is 0 Å². The van der Waals surface area contributed by atoms with Gasteiger partial charge in [0.25, 0.3) is 17.7 Å². The lowest BCUT2D eigenvalue weighted by Gasteiger charge is -2.18. The maximum Gasteiger partial charge on any atom is 0.261 e. The highest BCUT2D eigenvalue weighted by molar-refractivity contribution is 6.22. The van der Waals surface area contributed by atoms with Gasteiger partial charge in [-0.15, -0.1) is 0 Å². The zero-order valence-electron chi connectivity index (χ0n) is 18.7. The second-order valence-electron chi connectivity index (χ2n) is 7.95. The molecule has 7 nitrogen and oxygen atoms in total. The van der Waals surface area contributed by atoms with Gasteiger partial charge in [-0.1, -0.05) is 36.4 Å². The van der Waals surface area contributed by atoms with E-state index in [2.05, 4.69) is 10.6 Å². The Bertz CT molecular complexity index is 1330. The Morgan fingerprint density at radius 1 is 0.886 bits per heavy atom. The van der Waals surface area contributed by atoms with Crippen molar-refractivity contribution in [1.29, 1.82) is 0 Å². The first-order valence-electron chi connectivity index (χ1n) is 10.8. The maximum atomic E-state index is 13.7. The normalized spacial score (nSPS) is 13.4. The van der Waals surface area contributed by atoms with Crippen LogP contribution in [0.1, 0.15) is 48.2 Å². The average Bonchev–Trinajstić information content (AvgIpc) is 3.11. The van der Waals surface area contributed by atoms with Gasteiger partial charge in [-0.25, -0.2) is 8.78 Å². The Morgan fingerprint density at radius 3 is 2.29 bits per heavy atom. The lowest BCUT2D eigenvalue weighted by Crippen LogP contribution is -2.39. The lowest BCUT2D eigenvalue weighted by atomic mass is 10.0. The van der Waals surface area contributed by atoms with Gasteiger partial charge in [0.15, 0.2) is 11.6 Å². The van der Waals surface area contributed by atoms with E-state index in [4.69, 9.17) is 0 Å². The standard InChI is InChI=1S/C26H21F2N3O4/c1-29-24(33)22(16-8-10-20(27)21(28)14-16)30-23(32)17-7-9-18-19(13-17)26(35)31(25(18)34)12-11-15-5-3-2-4-6-15/h2-10,13-14,22H,11-12H2,1H3,(H,29,33)(H,30,32). The van der Waals surface area contributed by atoms with E-state index >= 15 is 0 Å². The van der Waals surface area contributed by atoms with Gasteiger partial charge in [0, 0.05) is 19.2 Å². The summed E-state index contributed by atoms with van der Waals surface area (Å²) >= 11 is 0. The van der Waals surface area contributed by atoms with Gasteiger partial charge in [0.1, 0.15) is 6.04 Å². The Kier molecular flexibility index (Phi) is 6.68. The molecule has 1 heterocycles. The van der Waals surface area contributed by atoms with E-state index in [1.807, 2.05) is 30.3 Å². The fourth-order valence-electron chi connectivity index (χ4n) is 3.87. The smallest absolute Gasteiger partial charge is 0.261 e. The van der Waals surface area contributed by atoms with Crippen LogP contribution >= 0.6 is 0 Å². The molecule has 0 aliphatic carbocycles. The van der Waals surface area contributed by atoms with Crippen molar-refractivity contribution in [3.8, 4) is 0 Å². The van der Waals surface area contributed by atoms with Gasteiger partial charge < -0.3 is 10.6 Å². The van der Waals surface area contributed by atoms with Crippen LogP contribution in [0.4, 0.5) is 8.78 Å². The molecule has 1 aliphatic rings. The summed E-state index contributed by atoms with van der Waals surface area (Å²) in [5, 5.41) is 4.84. The molecule has 1 aliphatic heterocycles. The number of fused-ring (bicyclic) bond motifs is 1. The third-order valence-electron chi connectivity index (χ3n) is 5.76. The van der Waals surface area contributed by atoms with Gasteiger partial charge in [-0.2, -0.15) is 0 Å². The summed E-state index contributed by atoms with van der Waals surface area (Å²) < 4.78 is 27.0. The molecule has 1 unspecified atom stereocenters. The molecule has 0 aromatic heterocycles. The molecule has 0 spiro atoms. The summed E-state index contributed by atoms with van der Waals surface area (Å²) in [7, 11) is 1.34. The number of hydrogen-bond donors (Lipinski definition) is 2. The van der Waals surface area contributed by atoms with E-state index in [0.29, 0.717) is 6.42 Å². The number of halogens is 2. The highest BCUT2D eigenvalue weighted by Gasteiger charge is 2.36. The molecule has 1 atom stereocenters. The van der Waals surface area contributed by atoms with E-state index < -0.39 is 41.3 Å². The third kappa shape index (κ3) is 4.79. The molecule has 4 rings (SSSR count). The van der Waals surface area contributed by atoms with Gasteiger partial charge in [0.05, 0.1) is 11.1 Å². The van der Waals surface area contributed by atoms with Crippen LogP contribution in [-0.2, 0) is 11.2 Å². The molecular weight excluding hydrogens is 456 g/mol. The lowest BCUT2D eigenvalue weighted by molar-refractivity contribution is -0.122. The number of carbonyl (C=O) groups excluding carboxylic acids is 4. The number of nitrogens with zero attached hydrogens (tertiary/aromatic N) is 1. The Hall–Kier alpha value is -4.40. The van der Waals surface area contributed by atoms with Crippen LogP contribution in [0.25, 0.3) is 0 Å². The number of nitrogens with one attached hydrogen (secondary N) is 2. The van der Waals surface area contributed by atoms with Crippen molar-refractivity contribution < 1.29 is 28.0 Å². The van der Waals surface area contributed by atoms with Crippen LogP contribution in [0, 0.1) is 11.6 Å². The quantitative estimate of drug-likeness (QED) is 0.512. The highest BCUT2D eigenvalue weighted by Crippen LogP contribution is 2.25. The number of benzene rings is 3. The van der Waals surface area contributed by atoms with Crippen molar-refractivity contribution in [1.82, 2.24) is 15.5 Å². The molecule has 0 bridgehead atoms. The predicted molar refractivity (Wildman–Crippen MR) is 123 cm³/mol. The highest BCUT2D eigenvalue weighted by atomic mass is 19.2. The van der Waals surface area contributed by atoms with Gasteiger partial charge in [-0.05, 0) is 47.9 Å². The second kappa shape index (κ2) is 9.84. The fourth-order valence-corrected chi connectivity index (χ4v) is 3.87. The summed E-state index contributed by atoms with van der Waals surface area (Å²) in [6.07, 6.45) is 0.488. The van der Waals surface area contributed by atoms with Crippen LogP contribution in [0.5, 0.6) is 0 Å². The first-order valence-corrected chi connectivity index (χ1v) is 10.8. The predicted octanol–water partition coefficient (Wildman–Crippen LogP) is 3.02. The monoisotopic (exact) mass is 477 g/mol. The SMILES string of the molecule is CNC(=O)C(NC(=O)c1ccc2c(c1)C(=O)N(CCc1ccccc1)C2=O)c1ccc(F)c(F)c1. The maximum absolute atomic E-state index is 13.7. The summed E-state index contributed by atoms with van der Waals surface area (Å²) in [6, 6.07) is 15.0. The molecule has 0 saturated heterocycles. The molecule has 35 heavy (non-hydrogen) atoms. The first kappa shape index (κ1) is 23.7. The molecular formula is C26H21F2N3O4.